The van der Waals surface area contributed by atoms with Crippen molar-refractivity contribution in [2.75, 3.05) is 0 Å². The Labute approximate surface area is 179 Å². The first kappa shape index (κ1) is 20.3. The summed E-state index contributed by atoms with van der Waals surface area (Å²) in [4.78, 5) is 14.5. The van der Waals surface area contributed by atoms with Crippen molar-refractivity contribution in [2.24, 2.45) is 0 Å². The highest BCUT2D eigenvalue weighted by Gasteiger charge is 2.55. The van der Waals surface area contributed by atoms with Crippen LogP contribution in [-0.2, 0) is 0 Å². The fourth-order valence-electron chi connectivity index (χ4n) is 4.52. The monoisotopic (exact) mass is 409 g/mol. The summed E-state index contributed by atoms with van der Waals surface area (Å²) in [6, 6.07) is 34.9. The number of carbonyl (C=O) groups is 1. The van der Waals surface area contributed by atoms with E-state index in [2.05, 4.69) is 57.2 Å². The normalized spacial score (nSPS) is 11.3. The van der Waals surface area contributed by atoms with Crippen molar-refractivity contribution in [3.8, 4) is 0 Å². The molecule has 0 heterocycles. The molecule has 0 aliphatic heterocycles. The number of rotatable bonds is 5. The summed E-state index contributed by atoms with van der Waals surface area (Å²) in [5, 5.41) is 3.37. The smallest absolute Gasteiger partial charge is 0.246 e. The van der Waals surface area contributed by atoms with Crippen molar-refractivity contribution < 1.29 is 4.79 Å². The van der Waals surface area contributed by atoms with Crippen LogP contribution in [0.3, 0.4) is 0 Å². The Kier molecular flexibility index (Phi) is 5.66. The van der Waals surface area contributed by atoms with Gasteiger partial charge >= 0.3 is 5.52 Å². The fourth-order valence-corrected chi connectivity index (χ4v) is 8.97. The average molecular weight is 409 g/mol. The highest BCUT2D eigenvalue weighted by Crippen LogP contribution is 2.59. The van der Waals surface area contributed by atoms with Crippen LogP contribution in [0.15, 0.2) is 103 Å². The molecule has 0 N–H and O–H groups in total. The standard InChI is InChI=1S/C28H26OP/c1-21-19-22(2)27(23(3)20-21)30(25-15-9-5-10-16-25,26-17-11-6-12-18-26)28(29)24-13-7-4-8-14-24/h4-20H,1-3H3/q+1. The molecule has 0 aliphatic rings. The molecule has 148 valence electrons. The second-order valence-electron chi connectivity index (χ2n) is 7.76. The summed E-state index contributed by atoms with van der Waals surface area (Å²) >= 11 is 0. The lowest BCUT2D eigenvalue weighted by molar-refractivity contribution is 0.108. The van der Waals surface area contributed by atoms with Gasteiger partial charge in [0.2, 0.25) is 0 Å². The Bertz CT molecular complexity index is 1100. The molecule has 0 aromatic heterocycles. The lowest BCUT2D eigenvalue weighted by Gasteiger charge is -2.28. The molecule has 0 bridgehead atoms. The Balaban J connectivity index is 2.17. The van der Waals surface area contributed by atoms with Gasteiger partial charge in [-0.2, -0.15) is 0 Å². The summed E-state index contributed by atoms with van der Waals surface area (Å²) in [5.74, 6) is 0. The third kappa shape index (κ3) is 3.40. The minimum Gasteiger partial charge on any atom is -0.246 e. The van der Waals surface area contributed by atoms with Crippen LogP contribution in [0.25, 0.3) is 0 Å². The largest absolute Gasteiger partial charge is 0.313 e. The quantitative estimate of drug-likeness (QED) is 0.384. The van der Waals surface area contributed by atoms with Gasteiger partial charge in [0.15, 0.2) is 7.26 Å². The van der Waals surface area contributed by atoms with Crippen LogP contribution in [-0.4, -0.2) is 5.52 Å². The number of benzene rings is 4. The molecule has 0 fully saturated rings. The van der Waals surface area contributed by atoms with E-state index in [0.717, 1.165) is 16.2 Å². The van der Waals surface area contributed by atoms with Gasteiger partial charge in [-0.05, 0) is 68.3 Å². The molecular weight excluding hydrogens is 383 g/mol. The van der Waals surface area contributed by atoms with Gasteiger partial charge in [-0.1, -0.05) is 72.3 Å². The van der Waals surface area contributed by atoms with Crippen molar-refractivity contribution in [3.05, 3.63) is 125 Å². The second kappa shape index (κ2) is 8.38. The lowest BCUT2D eigenvalue weighted by Crippen LogP contribution is -2.39. The van der Waals surface area contributed by atoms with Crippen LogP contribution in [0.2, 0.25) is 0 Å². The van der Waals surface area contributed by atoms with Crippen molar-refractivity contribution in [1.29, 1.82) is 0 Å². The maximum Gasteiger partial charge on any atom is 0.313 e. The molecule has 0 saturated carbocycles. The Morgan fingerprint density at radius 3 is 1.43 bits per heavy atom. The summed E-state index contributed by atoms with van der Waals surface area (Å²) in [6.07, 6.45) is 0. The molecule has 0 amide bonds. The molecule has 30 heavy (non-hydrogen) atoms. The van der Waals surface area contributed by atoms with Gasteiger partial charge in [-0.15, -0.1) is 0 Å². The van der Waals surface area contributed by atoms with Crippen molar-refractivity contribution >= 4 is 28.7 Å². The molecule has 4 aromatic rings. The molecule has 2 heteroatoms. The summed E-state index contributed by atoms with van der Waals surface area (Å²) in [7, 11) is -2.60. The zero-order chi connectivity index (χ0) is 21.1. The average Bonchev–Trinajstić information content (AvgIpc) is 2.77. The molecule has 0 unspecified atom stereocenters. The van der Waals surface area contributed by atoms with Gasteiger partial charge in [0, 0.05) is 0 Å². The predicted octanol–water partition coefficient (Wildman–Crippen LogP) is 5.75. The predicted molar refractivity (Wildman–Crippen MR) is 130 cm³/mol. The van der Waals surface area contributed by atoms with Crippen molar-refractivity contribution in [2.45, 2.75) is 20.8 Å². The number of hydrogen-bond acceptors (Lipinski definition) is 1. The molecule has 0 aliphatic carbocycles. The third-order valence-corrected chi connectivity index (χ3v) is 9.97. The van der Waals surface area contributed by atoms with E-state index >= 15 is 0 Å². The van der Waals surface area contributed by atoms with E-state index < -0.39 is 7.26 Å². The maximum absolute atomic E-state index is 14.5. The van der Waals surface area contributed by atoms with Gasteiger partial charge in [0.05, 0.1) is 5.56 Å². The van der Waals surface area contributed by atoms with E-state index in [0.29, 0.717) is 0 Å². The Morgan fingerprint density at radius 2 is 1.00 bits per heavy atom. The van der Waals surface area contributed by atoms with Gasteiger partial charge in [-0.3, -0.25) is 0 Å². The first-order chi connectivity index (χ1) is 14.5. The van der Waals surface area contributed by atoms with Gasteiger partial charge in [0.25, 0.3) is 0 Å². The van der Waals surface area contributed by atoms with Crippen LogP contribution >= 0.6 is 7.26 Å². The Morgan fingerprint density at radius 1 is 0.600 bits per heavy atom. The second-order valence-corrected chi connectivity index (χ2v) is 11.0. The molecule has 0 radical (unpaired) electrons. The fraction of sp³-hybridized carbons (Fsp3) is 0.107. The SMILES string of the molecule is Cc1cc(C)c([P+](C(=O)c2ccccc2)(c2ccccc2)c2ccccc2)c(C)c1. The van der Waals surface area contributed by atoms with E-state index in [4.69, 9.17) is 0 Å². The van der Waals surface area contributed by atoms with Gasteiger partial charge in [0.1, 0.15) is 15.9 Å². The topological polar surface area (TPSA) is 17.1 Å². The van der Waals surface area contributed by atoms with Crippen molar-refractivity contribution in [1.82, 2.24) is 0 Å². The van der Waals surface area contributed by atoms with Crippen molar-refractivity contribution in [3.63, 3.8) is 0 Å². The van der Waals surface area contributed by atoms with Crippen LogP contribution in [0.4, 0.5) is 0 Å². The number of hydrogen-bond donors (Lipinski definition) is 0. The van der Waals surface area contributed by atoms with E-state index in [1.54, 1.807) is 0 Å². The first-order valence-corrected chi connectivity index (χ1v) is 12.0. The van der Waals surface area contributed by atoms with Crippen LogP contribution in [0.1, 0.15) is 27.0 Å². The third-order valence-electron chi connectivity index (χ3n) is 5.58. The van der Waals surface area contributed by atoms with E-state index in [-0.39, 0.29) is 5.52 Å². The van der Waals surface area contributed by atoms with Crippen LogP contribution < -0.4 is 15.9 Å². The first-order valence-electron chi connectivity index (χ1n) is 10.2. The molecule has 4 aromatic carbocycles. The molecular formula is C28H26OP+. The lowest BCUT2D eigenvalue weighted by atomic mass is 10.1. The van der Waals surface area contributed by atoms with Gasteiger partial charge < -0.3 is 0 Å². The summed E-state index contributed by atoms with van der Waals surface area (Å²) in [6.45, 7) is 6.41. The summed E-state index contributed by atoms with van der Waals surface area (Å²) in [5.41, 5.74) is 4.55. The highest BCUT2D eigenvalue weighted by atomic mass is 31.2. The summed E-state index contributed by atoms with van der Waals surface area (Å²) < 4.78 is 0. The van der Waals surface area contributed by atoms with Crippen LogP contribution in [0.5, 0.6) is 0 Å². The Hall–Kier alpha value is -3.02. The maximum atomic E-state index is 14.5. The minimum atomic E-state index is -2.60. The zero-order valence-electron chi connectivity index (χ0n) is 17.7. The van der Waals surface area contributed by atoms with E-state index in [9.17, 15) is 4.79 Å². The molecule has 0 atom stereocenters. The molecule has 4 rings (SSSR count). The number of carbonyl (C=O) groups excluding carboxylic acids is 1. The van der Waals surface area contributed by atoms with Gasteiger partial charge in [-0.25, -0.2) is 4.79 Å². The molecule has 0 spiro atoms. The van der Waals surface area contributed by atoms with Crippen LogP contribution in [0, 0.1) is 20.8 Å². The van der Waals surface area contributed by atoms with E-state index in [1.807, 2.05) is 66.7 Å². The highest BCUT2D eigenvalue weighted by molar-refractivity contribution is 8.08. The molecule has 0 saturated heterocycles. The van der Waals surface area contributed by atoms with E-state index in [1.165, 1.54) is 22.0 Å². The number of aryl methyl sites for hydroxylation is 3. The zero-order valence-corrected chi connectivity index (χ0v) is 18.6. The molecule has 1 nitrogen and oxygen atoms in total. The minimum absolute atomic E-state index is 0.204.